The van der Waals surface area contributed by atoms with Gasteiger partial charge < -0.3 is 0 Å². The molecule has 0 radical (unpaired) electrons. The summed E-state index contributed by atoms with van der Waals surface area (Å²) in [6.45, 7) is 0.204. The van der Waals surface area contributed by atoms with Crippen LogP contribution in [0.5, 0.6) is 0 Å². The predicted octanol–water partition coefficient (Wildman–Crippen LogP) is 0.535. The van der Waals surface area contributed by atoms with Gasteiger partial charge in [-0.05, 0) is 18.6 Å². The molecular weight excluding hydrogens is 240 g/mol. The first-order valence-corrected chi connectivity index (χ1v) is 6.31. The van der Waals surface area contributed by atoms with Crippen molar-refractivity contribution in [1.29, 1.82) is 10.5 Å². The molecule has 0 saturated heterocycles. The number of pyridine rings is 1. The summed E-state index contributed by atoms with van der Waals surface area (Å²) in [5, 5.41) is 16.8. The summed E-state index contributed by atoms with van der Waals surface area (Å²) in [4.78, 5) is 3.68. The minimum Gasteiger partial charge on any atom is -0.244 e. The van der Waals surface area contributed by atoms with Gasteiger partial charge in [0, 0.05) is 19.2 Å². The first-order valence-electron chi connectivity index (χ1n) is 4.83. The van der Waals surface area contributed by atoms with E-state index in [2.05, 4.69) is 9.71 Å². The van der Waals surface area contributed by atoms with Gasteiger partial charge in [-0.3, -0.25) is 0 Å². The van der Waals surface area contributed by atoms with Gasteiger partial charge in [-0.1, -0.05) is 0 Å². The summed E-state index contributed by atoms with van der Waals surface area (Å²) in [6, 6.07) is 6.38. The van der Waals surface area contributed by atoms with Crippen molar-refractivity contribution < 1.29 is 8.42 Å². The minimum atomic E-state index is -3.60. The molecule has 0 fully saturated rings. The van der Waals surface area contributed by atoms with Gasteiger partial charge in [-0.25, -0.2) is 18.1 Å². The van der Waals surface area contributed by atoms with Gasteiger partial charge in [0.05, 0.1) is 6.07 Å². The standard InChI is InChI=1S/C10H10N4O2S/c11-5-1-2-6-14-17(15,16)10-4-3-9(7-12)13-8-10/h3-4,8,14H,1-2,6H2. The van der Waals surface area contributed by atoms with Crippen molar-refractivity contribution in [3.63, 3.8) is 0 Å². The van der Waals surface area contributed by atoms with E-state index in [9.17, 15) is 8.42 Å². The van der Waals surface area contributed by atoms with Crippen LogP contribution in [-0.4, -0.2) is 19.9 Å². The molecule has 1 aromatic rings. The highest BCUT2D eigenvalue weighted by atomic mass is 32.2. The van der Waals surface area contributed by atoms with Crippen LogP contribution in [0.25, 0.3) is 0 Å². The molecule has 0 aliphatic heterocycles. The normalized spacial score (nSPS) is 10.5. The smallest absolute Gasteiger partial charge is 0.242 e. The molecular formula is C10H10N4O2S. The zero-order valence-corrected chi connectivity index (χ0v) is 9.74. The average Bonchev–Trinajstić information content (AvgIpc) is 2.35. The quantitative estimate of drug-likeness (QED) is 0.767. The molecule has 1 aromatic heterocycles. The molecule has 0 saturated carbocycles. The maximum atomic E-state index is 11.7. The summed E-state index contributed by atoms with van der Waals surface area (Å²) in [5.41, 5.74) is 0.161. The van der Waals surface area contributed by atoms with Crippen LogP contribution in [-0.2, 0) is 10.0 Å². The second-order valence-corrected chi connectivity index (χ2v) is 4.92. The molecule has 0 aliphatic rings. The number of rotatable bonds is 5. The SMILES string of the molecule is N#CCCCNS(=O)(=O)c1ccc(C#N)nc1. The third-order valence-corrected chi connectivity index (χ3v) is 3.36. The fraction of sp³-hybridized carbons (Fsp3) is 0.300. The lowest BCUT2D eigenvalue weighted by molar-refractivity contribution is 0.579. The number of hydrogen-bond acceptors (Lipinski definition) is 5. The van der Waals surface area contributed by atoms with Crippen LogP contribution < -0.4 is 4.72 Å². The van der Waals surface area contributed by atoms with Crippen molar-refractivity contribution in [1.82, 2.24) is 9.71 Å². The molecule has 1 rings (SSSR count). The second-order valence-electron chi connectivity index (χ2n) is 3.15. The van der Waals surface area contributed by atoms with Crippen LogP contribution in [0.3, 0.4) is 0 Å². The molecule has 17 heavy (non-hydrogen) atoms. The molecule has 0 spiro atoms. The van der Waals surface area contributed by atoms with Crippen LogP contribution in [0.2, 0.25) is 0 Å². The summed E-state index contributed by atoms with van der Waals surface area (Å²) >= 11 is 0. The molecule has 88 valence electrons. The first-order chi connectivity index (χ1) is 8.10. The number of aromatic nitrogens is 1. The predicted molar refractivity (Wildman–Crippen MR) is 59.0 cm³/mol. The van der Waals surface area contributed by atoms with Gasteiger partial charge in [0.25, 0.3) is 0 Å². The Balaban J connectivity index is 2.70. The third kappa shape index (κ3) is 3.83. The Hall–Kier alpha value is -1.96. The van der Waals surface area contributed by atoms with Gasteiger partial charge in [0.1, 0.15) is 16.7 Å². The molecule has 0 amide bonds. The van der Waals surface area contributed by atoms with E-state index < -0.39 is 10.0 Å². The van der Waals surface area contributed by atoms with Gasteiger partial charge in [0.15, 0.2) is 0 Å². The number of nitriles is 2. The number of nitrogens with zero attached hydrogens (tertiary/aromatic N) is 3. The molecule has 0 aromatic carbocycles. The lowest BCUT2D eigenvalue weighted by atomic mass is 10.3. The average molecular weight is 250 g/mol. The molecule has 0 aliphatic carbocycles. The molecule has 0 bridgehead atoms. The van der Waals surface area contributed by atoms with Crippen molar-refractivity contribution >= 4 is 10.0 Å². The Morgan fingerprint density at radius 2 is 2.12 bits per heavy atom. The highest BCUT2D eigenvalue weighted by molar-refractivity contribution is 7.89. The van der Waals surface area contributed by atoms with E-state index in [0.29, 0.717) is 12.8 Å². The van der Waals surface area contributed by atoms with Gasteiger partial charge in [-0.2, -0.15) is 10.5 Å². The molecule has 1 N–H and O–H groups in total. The van der Waals surface area contributed by atoms with E-state index in [1.165, 1.54) is 12.1 Å². The van der Waals surface area contributed by atoms with E-state index >= 15 is 0 Å². The first kappa shape index (κ1) is 13.1. The maximum absolute atomic E-state index is 11.7. The molecule has 0 unspecified atom stereocenters. The third-order valence-electron chi connectivity index (χ3n) is 1.92. The number of hydrogen-bond donors (Lipinski definition) is 1. The number of unbranched alkanes of at least 4 members (excludes halogenated alkanes) is 1. The van der Waals surface area contributed by atoms with E-state index in [0.717, 1.165) is 6.20 Å². The van der Waals surface area contributed by atoms with Crippen molar-refractivity contribution in [2.24, 2.45) is 0 Å². The van der Waals surface area contributed by atoms with Gasteiger partial charge >= 0.3 is 0 Å². The maximum Gasteiger partial charge on any atom is 0.242 e. The molecule has 1 heterocycles. The van der Waals surface area contributed by atoms with Crippen LogP contribution in [0, 0.1) is 22.7 Å². The fourth-order valence-corrected chi connectivity index (χ4v) is 2.08. The summed E-state index contributed by atoms with van der Waals surface area (Å²) in [7, 11) is -3.60. The van der Waals surface area contributed by atoms with Crippen molar-refractivity contribution in [3.8, 4) is 12.1 Å². The van der Waals surface area contributed by atoms with E-state index in [4.69, 9.17) is 10.5 Å². The van der Waals surface area contributed by atoms with E-state index in [1.807, 2.05) is 6.07 Å². The van der Waals surface area contributed by atoms with Crippen LogP contribution in [0.1, 0.15) is 18.5 Å². The number of nitrogens with one attached hydrogen (secondary N) is 1. The highest BCUT2D eigenvalue weighted by Gasteiger charge is 2.13. The topological polar surface area (TPSA) is 107 Å². The highest BCUT2D eigenvalue weighted by Crippen LogP contribution is 2.07. The van der Waals surface area contributed by atoms with Crippen molar-refractivity contribution in [2.75, 3.05) is 6.54 Å². The Morgan fingerprint density at radius 1 is 1.35 bits per heavy atom. The van der Waals surface area contributed by atoms with E-state index in [1.54, 1.807) is 6.07 Å². The molecule has 0 atom stereocenters. The zero-order chi connectivity index (χ0) is 12.7. The number of sulfonamides is 1. The Morgan fingerprint density at radius 3 is 2.65 bits per heavy atom. The zero-order valence-electron chi connectivity index (χ0n) is 8.92. The Bertz CT molecular complexity index is 551. The fourth-order valence-electron chi connectivity index (χ4n) is 1.06. The van der Waals surface area contributed by atoms with Gasteiger partial charge in [-0.15, -0.1) is 0 Å². The van der Waals surface area contributed by atoms with Crippen LogP contribution in [0.15, 0.2) is 23.2 Å². The Labute approximate surface area is 99.6 Å². The molecule has 6 nitrogen and oxygen atoms in total. The van der Waals surface area contributed by atoms with Crippen molar-refractivity contribution in [3.05, 3.63) is 24.0 Å². The van der Waals surface area contributed by atoms with Crippen LogP contribution in [0.4, 0.5) is 0 Å². The van der Waals surface area contributed by atoms with Gasteiger partial charge in [0.2, 0.25) is 10.0 Å². The Kier molecular flexibility index (Phi) is 4.58. The van der Waals surface area contributed by atoms with Crippen LogP contribution >= 0.6 is 0 Å². The summed E-state index contributed by atoms with van der Waals surface area (Å²) < 4.78 is 25.7. The second kappa shape index (κ2) is 5.94. The summed E-state index contributed by atoms with van der Waals surface area (Å²) in [6.07, 6.45) is 1.89. The van der Waals surface area contributed by atoms with E-state index in [-0.39, 0.29) is 17.1 Å². The lowest BCUT2D eigenvalue weighted by Crippen LogP contribution is -2.24. The monoisotopic (exact) mass is 250 g/mol. The van der Waals surface area contributed by atoms with Crippen molar-refractivity contribution in [2.45, 2.75) is 17.7 Å². The minimum absolute atomic E-state index is 0.00783. The summed E-state index contributed by atoms with van der Waals surface area (Å²) in [5.74, 6) is 0. The lowest BCUT2D eigenvalue weighted by Gasteiger charge is -2.04. The molecule has 7 heteroatoms. The largest absolute Gasteiger partial charge is 0.244 e.